The quantitative estimate of drug-likeness (QED) is 0.775. The highest BCUT2D eigenvalue weighted by Gasteiger charge is 2.34. The van der Waals surface area contributed by atoms with E-state index >= 15 is 0 Å². The van der Waals surface area contributed by atoms with Gasteiger partial charge in [0, 0.05) is 18.1 Å². The van der Waals surface area contributed by atoms with E-state index in [0.717, 1.165) is 10.6 Å². The van der Waals surface area contributed by atoms with Crippen molar-refractivity contribution in [3.8, 4) is 5.75 Å². The average molecular weight is 377 g/mol. The first-order valence-electron chi connectivity index (χ1n) is 7.45. The number of anilines is 1. The van der Waals surface area contributed by atoms with Crippen molar-refractivity contribution in [3.63, 3.8) is 0 Å². The van der Waals surface area contributed by atoms with Crippen molar-refractivity contribution in [2.24, 2.45) is 0 Å². The highest BCUT2D eigenvalue weighted by molar-refractivity contribution is 7.92. The fourth-order valence-electron chi connectivity index (χ4n) is 2.66. The van der Waals surface area contributed by atoms with Crippen LogP contribution in [0.3, 0.4) is 0 Å². The molecule has 1 fully saturated rings. The zero-order valence-corrected chi connectivity index (χ0v) is 15.4. The summed E-state index contributed by atoms with van der Waals surface area (Å²) >= 11 is 6.01. The summed E-state index contributed by atoms with van der Waals surface area (Å²) < 4.78 is 36.3. The van der Waals surface area contributed by atoms with E-state index in [-0.39, 0.29) is 11.6 Å². The van der Waals surface area contributed by atoms with E-state index in [2.05, 4.69) is 0 Å². The van der Waals surface area contributed by atoms with E-state index in [0.29, 0.717) is 37.1 Å². The van der Waals surface area contributed by atoms with E-state index in [1.165, 1.54) is 13.2 Å². The maximum atomic E-state index is 12.7. The summed E-state index contributed by atoms with van der Waals surface area (Å²) in [6.45, 7) is 3.32. The molecule has 0 radical (unpaired) electrons. The Kier molecular flexibility index (Phi) is 5.95. The molecule has 0 aliphatic carbocycles. The van der Waals surface area contributed by atoms with E-state index < -0.39 is 16.1 Å². The van der Waals surface area contributed by atoms with Crippen LogP contribution in [0.25, 0.3) is 0 Å². The van der Waals surface area contributed by atoms with Crippen LogP contribution in [-0.2, 0) is 19.6 Å². The number of halogens is 1. The third-order valence-corrected chi connectivity index (χ3v) is 5.23. The normalized spacial score (nSPS) is 16.6. The molecule has 0 spiro atoms. The number of sulfonamides is 1. The molecule has 1 amide bonds. The molecule has 1 aromatic carbocycles. The summed E-state index contributed by atoms with van der Waals surface area (Å²) in [5, 5.41) is 0.352. The molecule has 0 saturated carbocycles. The molecule has 1 aromatic rings. The van der Waals surface area contributed by atoms with Gasteiger partial charge < -0.3 is 14.4 Å². The summed E-state index contributed by atoms with van der Waals surface area (Å²) in [6, 6.07) is 3.72. The minimum atomic E-state index is -3.73. The van der Waals surface area contributed by atoms with Crippen LogP contribution in [0.2, 0.25) is 5.02 Å². The van der Waals surface area contributed by atoms with E-state index in [1.807, 2.05) is 0 Å². The molecule has 7 nitrogen and oxygen atoms in total. The number of morpholine rings is 1. The monoisotopic (exact) mass is 376 g/mol. The molecule has 2 rings (SSSR count). The first kappa shape index (κ1) is 18.8. The SMILES string of the molecule is COc1ccc(Cl)cc1N([C@@H](C)C(=O)N1CCOCC1)S(C)(=O)=O. The zero-order valence-electron chi connectivity index (χ0n) is 13.9. The second-order valence-corrected chi connectivity index (χ2v) is 7.78. The number of rotatable bonds is 5. The summed E-state index contributed by atoms with van der Waals surface area (Å²) in [6.07, 6.45) is 1.05. The van der Waals surface area contributed by atoms with Crippen LogP contribution in [-0.4, -0.2) is 64.9 Å². The number of benzene rings is 1. The van der Waals surface area contributed by atoms with Gasteiger partial charge in [0.05, 0.1) is 32.3 Å². The third kappa shape index (κ3) is 4.12. The third-order valence-electron chi connectivity index (χ3n) is 3.77. The largest absolute Gasteiger partial charge is 0.495 e. The maximum absolute atomic E-state index is 12.7. The summed E-state index contributed by atoms with van der Waals surface area (Å²) in [5.74, 6) is 0.0391. The predicted octanol–water partition coefficient (Wildman–Crippen LogP) is 1.36. The minimum absolute atomic E-state index is 0.238. The standard InChI is InChI=1S/C15H21ClN2O5S/c1-11(15(19)17-6-8-23-9-7-17)18(24(3,20)21)13-10-12(16)4-5-14(13)22-2/h4-5,10-11H,6-9H2,1-3H3/t11-/m0/s1. The van der Waals surface area contributed by atoms with Crippen LogP contribution < -0.4 is 9.04 Å². The molecule has 1 heterocycles. The minimum Gasteiger partial charge on any atom is -0.495 e. The van der Waals surface area contributed by atoms with Crippen LogP contribution in [0.4, 0.5) is 5.69 Å². The molecular weight excluding hydrogens is 356 g/mol. The first-order chi connectivity index (χ1) is 11.3. The van der Waals surface area contributed by atoms with Gasteiger partial charge in [0.15, 0.2) is 0 Å². The molecule has 134 valence electrons. The smallest absolute Gasteiger partial charge is 0.246 e. The number of hydrogen-bond acceptors (Lipinski definition) is 5. The van der Waals surface area contributed by atoms with Gasteiger partial charge in [-0.15, -0.1) is 0 Å². The fraction of sp³-hybridized carbons (Fsp3) is 0.533. The molecule has 1 saturated heterocycles. The van der Waals surface area contributed by atoms with Crippen LogP contribution >= 0.6 is 11.6 Å². The van der Waals surface area contributed by atoms with Crippen molar-refractivity contribution in [1.82, 2.24) is 4.90 Å². The number of carbonyl (C=O) groups is 1. The molecular formula is C15H21ClN2O5S. The highest BCUT2D eigenvalue weighted by Crippen LogP contribution is 2.34. The Bertz CT molecular complexity index is 704. The lowest BCUT2D eigenvalue weighted by molar-refractivity contribution is -0.136. The number of nitrogens with zero attached hydrogens (tertiary/aromatic N) is 2. The summed E-state index contributed by atoms with van der Waals surface area (Å²) in [5.41, 5.74) is 0.238. The van der Waals surface area contributed by atoms with Crippen LogP contribution in [0, 0.1) is 0 Å². The van der Waals surface area contributed by atoms with Gasteiger partial charge in [0.2, 0.25) is 15.9 Å². The molecule has 1 aliphatic rings. The van der Waals surface area contributed by atoms with Gasteiger partial charge in [-0.25, -0.2) is 8.42 Å². The Labute approximate surface area is 147 Å². The van der Waals surface area contributed by atoms with Crippen LogP contribution in [0.15, 0.2) is 18.2 Å². The maximum Gasteiger partial charge on any atom is 0.246 e. The van der Waals surface area contributed by atoms with E-state index in [1.54, 1.807) is 24.0 Å². The topological polar surface area (TPSA) is 76.2 Å². The number of amides is 1. The van der Waals surface area contributed by atoms with Gasteiger partial charge in [0.1, 0.15) is 11.8 Å². The van der Waals surface area contributed by atoms with Gasteiger partial charge in [0.25, 0.3) is 0 Å². The average Bonchev–Trinajstić information content (AvgIpc) is 2.54. The Balaban J connectivity index is 2.42. The van der Waals surface area contributed by atoms with Crippen LogP contribution in [0.5, 0.6) is 5.75 Å². The first-order valence-corrected chi connectivity index (χ1v) is 9.68. The Morgan fingerprint density at radius 2 is 2.00 bits per heavy atom. The van der Waals surface area contributed by atoms with Gasteiger partial charge in [-0.3, -0.25) is 9.10 Å². The van der Waals surface area contributed by atoms with Crippen molar-refractivity contribution in [3.05, 3.63) is 23.2 Å². The molecule has 0 aromatic heterocycles. The van der Waals surface area contributed by atoms with Crippen molar-refractivity contribution >= 4 is 33.2 Å². The van der Waals surface area contributed by atoms with E-state index in [9.17, 15) is 13.2 Å². The molecule has 1 aliphatic heterocycles. The number of methoxy groups -OCH3 is 1. The second-order valence-electron chi connectivity index (χ2n) is 5.49. The van der Waals surface area contributed by atoms with Gasteiger partial charge in [-0.1, -0.05) is 11.6 Å². The highest BCUT2D eigenvalue weighted by atomic mass is 35.5. The summed E-state index contributed by atoms with van der Waals surface area (Å²) in [4.78, 5) is 14.3. The van der Waals surface area contributed by atoms with Gasteiger partial charge in [-0.05, 0) is 25.1 Å². The van der Waals surface area contributed by atoms with Crippen molar-refractivity contribution in [2.45, 2.75) is 13.0 Å². The summed E-state index contributed by atoms with van der Waals surface area (Å²) in [7, 11) is -2.30. The zero-order chi connectivity index (χ0) is 17.9. The van der Waals surface area contributed by atoms with E-state index in [4.69, 9.17) is 21.1 Å². The molecule has 0 unspecified atom stereocenters. The number of ether oxygens (including phenoxy) is 2. The van der Waals surface area contributed by atoms with Gasteiger partial charge in [-0.2, -0.15) is 0 Å². The number of carbonyl (C=O) groups excluding carboxylic acids is 1. The van der Waals surface area contributed by atoms with Crippen molar-refractivity contribution in [1.29, 1.82) is 0 Å². The molecule has 0 N–H and O–H groups in total. The molecule has 24 heavy (non-hydrogen) atoms. The fourth-order valence-corrected chi connectivity index (χ4v) is 3.99. The molecule has 9 heteroatoms. The lowest BCUT2D eigenvalue weighted by atomic mass is 10.2. The Morgan fingerprint density at radius 3 is 2.54 bits per heavy atom. The predicted molar refractivity (Wildman–Crippen MR) is 92.2 cm³/mol. The van der Waals surface area contributed by atoms with Crippen LogP contribution in [0.1, 0.15) is 6.92 Å². The molecule has 1 atom stereocenters. The second kappa shape index (κ2) is 7.58. The Hall–Kier alpha value is -1.51. The lowest BCUT2D eigenvalue weighted by Gasteiger charge is -2.34. The molecule has 0 bridgehead atoms. The van der Waals surface area contributed by atoms with Gasteiger partial charge >= 0.3 is 0 Å². The number of hydrogen-bond donors (Lipinski definition) is 0. The Morgan fingerprint density at radius 1 is 1.38 bits per heavy atom. The van der Waals surface area contributed by atoms with Crippen molar-refractivity contribution < 1.29 is 22.7 Å². The lowest BCUT2D eigenvalue weighted by Crippen LogP contribution is -2.52. The van der Waals surface area contributed by atoms with Crippen molar-refractivity contribution in [2.75, 3.05) is 44.0 Å².